The monoisotopic (exact) mass is 342 g/mol. The van der Waals surface area contributed by atoms with E-state index in [0.717, 1.165) is 23.6 Å². The lowest BCUT2D eigenvalue weighted by atomic mass is 10.2. The highest BCUT2D eigenvalue weighted by Crippen LogP contribution is 2.30. The summed E-state index contributed by atoms with van der Waals surface area (Å²) in [5.41, 5.74) is 2.35. The van der Waals surface area contributed by atoms with E-state index in [2.05, 4.69) is 23.5 Å². The first kappa shape index (κ1) is 16.9. The number of hydrogen-bond acceptors (Lipinski definition) is 4. The quantitative estimate of drug-likeness (QED) is 0.907. The van der Waals surface area contributed by atoms with Crippen molar-refractivity contribution >= 4 is 17.7 Å². The average Bonchev–Trinajstić information content (AvgIpc) is 2.84. The van der Waals surface area contributed by atoms with Crippen molar-refractivity contribution in [3.05, 3.63) is 59.7 Å². The molecule has 1 amide bonds. The highest BCUT2D eigenvalue weighted by atomic mass is 32.2. The Morgan fingerprint density at radius 1 is 1.25 bits per heavy atom. The van der Waals surface area contributed by atoms with Gasteiger partial charge in [-0.15, -0.1) is 11.8 Å². The number of hydrogen-bond donors (Lipinski definition) is 1. The highest BCUT2D eigenvalue weighted by molar-refractivity contribution is 7.99. The molecule has 4 nitrogen and oxygen atoms in total. The van der Waals surface area contributed by atoms with Gasteiger partial charge in [0, 0.05) is 30.3 Å². The van der Waals surface area contributed by atoms with Crippen LogP contribution in [-0.4, -0.2) is 36.8 Å². The van der Waals surface area contributed by atoms with Crippen LogP contribution in [0.5, 0.6) is 5.75 Å². The first-order valence-corrected chi connectivity index (χ1v) is 9.07. The van der Waals surface area contributed by atoms with Gasteiger partial charge in [0.05, 0.1) is 13.7 Å². The van der Waals surface area contributed by atoms with Gasteiger partial charge in [0.1, 0.15) is 5.75 Å². The Bertz CT molecular complexity index is 691. The van der Waals surface area contributed by atoms with E-state index in [-0.39, 0.29) is 5.91 Å². The maximum atomic E-state index is 12.5. The molecule has 0 fully saturated rings. The van der Waals surface area contributed by atoms with E-state index in [4.69, 9.17) is 4.74 Å². The number of rotatable bonds is 5. The van der Waals surface area contributed by atoms with Gasteiger partial charge >= 0.3 is 0 Å². The Kier molecular flexibility index (Phi) is 5.77. The fourth-order valence-electron chi connectivity index (χ4n) is 2.73. The van der Waals surface area contributed by atoms with Gasteiger partial charge in [-0.3, -0.25) is 4.79 Å². The standard InChI is InChI=1S/C19H22N2O2S/c1-23-17-7-8-18-16(11-17)14-21(9-10-24-18)19(22)13-20-12-15-5-3-2-4-6-15/h2-8,11,20H,9-10,12-14H2,1H3. The van der Waals surface area contributed by atoms with E-state index in [1.807, 2.05) is 35.2 Å². The molecule has 5 heteroatoms. The Hall–Kier alpha value is -1.98. The minimum absolute atomic E-state index is 0.141. The normalized spacial score (nSPS) is 14.0. The number of ether oxygens (including phenoxy) is 1. The van der Waals surface area contributed by atoms with Crippen LogP contribution in [0, 0.1) is 0 Å². The molecule has 1 aliphatic rings. The Labute approximate surface area is 147 Å². The third-order valence-electron chi connectivity index (χ3n) is 4.05. The molecule has 2 aromatic rings. The van der Waals surface area contributed by atoms with E-state index < -0.39 is 0 Å². The molecule has 126 valence electrons. The van der Waals surface area contributed by atoms with Gasteiger partial charge in [-0.05, 0) is 29.3 Å². The number of methoxy groups -OCH3 is 1. The van der Waals surface area contributed by atoms with E-state index in [9.17, 15) is 4.79 Å². The fourth-order valence-corrected chi connectivity index (χ4v) is 3.74. The molecule has 1 heterocycles. The van der Waals surface area contributed by atoms with Crippen molar-refractivity contribution in [1.82, 2.24) is 10.2 Å². The molecule has 0 aliphatic carbocycles. The maximum Gasteiger partial charge on any atom is 0.236 e. The van der Waals surface area contributed by atoms with Gasteiger partial charge in [-0.2, -0.15) is 0 Å². The molecule has 1 aliphatic heterocycles. The summed E-state index contributed by atoms with van der Waals surface area (Å²) in [4.78, 5) is 15.7. The molecule has 0 bridgehead atoms. The fraction of sp³-hybridized carbons (Fsp3) is 0.316. The van der Waals surface area contributed by atoms with Gasteiger partial charge < -0.3 is 15.0 Å². The molecule has 0 spiro atoms. The van der Waals surface area contributed by atoms with Crippen molar-refractivity contribution in [3.8, 4) is 5.75 Å². The summed E-state index contributed by atoms with van der Waals surface area (Å²) < 4.78 is 5.31. The second kappa shape index (κ2) is 8.22. The SMILES string of the molecule is COc1ccc2c(c1)CN(C(=O)CNCc1ccccc1)CCS2. The van der Waals surface area contributed by atoms with E-state index in [1.165, 1.54) is 10.5 Å². The van der Waals surface area contributed by atoms with Crippen LogP contribution in [0.25, 0.3) is 0 Å². The molecule has 0 unspecified atom stereocenters. The van der Waals surface area contributed by atoms with Gasteiger partial charge in [0.25, 0.3) is 0 Å². The molecule has 0 saturated carbocycles. The summed E-state index contributed by atoms with van der Waals surface area (Å²) in [6, 6.07) is 16.2. The van der Waals surface area contributed by atoms with E-state index in [1.54, 1.807) is 18.9 Å². The number of benzene rings is 2. The molecule has 0 radical (unpaired) electrons. The van der Waals surface area contributed by atoms with Crippen LogP contribution in [0.3, 0.4) is 0 Å². The van der Waals surface area contributed by atoms with Crippen molar-refractivity contribution in [2.75, 3.05) is 26.0 Å². The van der Waals surface area contributed by atoms with Gasteiger partial charge in [-0.25, -0.2) is 0 Å². The zero-order chi connectivity index (χ0) is 16.8. The van der Waals surface area contributed by atoms with Gasteiger partial charge in [0.2, 0.25) is 5.91 Å². The molecule has 3 rings (SSSR count). The number of nitrogens with zero attached hydrogens (tertiary/aromatic N) is 1. The van der Waals surface area contributed by atoms with Gasteiger partial charge in [0.15, 0.2) is 0 Å². The summed E-state index contributed by atoms with van der Waals surface area (Å²) in [6.07, 6.45) is 0. The van der Waals surface area contributed by atoms with Crippen LogP contribution in [0.1, 0.15) is 11.1 Å². The molecule has 24 heavy (non-hydrogen) atoms. The van der Waals surface area contributed by atoms with E-state index >= 15 is 0 Å². The number of fused-ring (bicyclic) bond motifs is 1. The summed E-state index contributed by atoms with van der Waals surface area (Å²) >= 11 is 1.80. The third-order valence-corrected chi connectivity index (χ3v) is 5.14. The first-order chi connectivity index (χ1) is 11.8. The molecule has 0 aromatic heterocycles. The van der Waals surface area contributed by atoms with Crippen molar-refractivity contribution in [2.45, 2.75) is 18.0 Å². The number of carbonyl (C=O) groups excluding carboxylic acids is 1. The molecule has 1 N–H and O–H groups in total. The zero-order valence-corrected chi connectivity index (χ0v) is 14.6. The minimum Gasteiger partial charge on any atom is -0.497 e. The lowest BCUT2D eigenvalue weighted by molar-refractivity contribution is -0.130. The zero-order valence-electron chi connectivity index (χ0n) is 13.8. The number of amides is 1. The molecular formula is C19H22N2O2S. The predicted octanol–water partition coefficient (Wildman–Crippen LogP) is 2.92. The number of nitrogens with one attached hydrogen (secondary N) is 1. The van der Waals surface area contributed by atoms with Crippen molar-refractivity contribution in [3.63, 3.8) is 0 Å². The second-order valence-electron chi connectivity index (χ2n) is 5.73. The predicted molar refractivity (Wildman–Crippen MR) is 97.3 cm³/mol. The molecule has 0 atom stereocenters. The van der Waals surface area contributed by atoms with Crippen LogP contribution < -0.4 is 10.1 Å². The summed E-state index contributed by atoms with van der Waals surface area (Å²) in [5, 5.41) is 3.24. The molecular weight excluding hydrogens is 320 g/mol. The second-order valence-corrected chi connectivity index (χ2v) is 6.86. The minimum atomic E-state index is 0.141. The van der Waals surface area contributed by atoms with Gasteiger partial charge in [-0.1, -0.05) is 30.3 Å². The average molecular weight is 342 g/mol. The topological polar surface area (TPSA) is 41.6 Å². The smallest absolute Gasteiger partial charge is 0.236 e. The summed E-state index contributed by atoms with van der Waals surface area (Å²) in [5.74, 6) is 1.90. The molecule has 2 aromatic carbocycles. The van der Waals surface area contributed by atoms with Crippen molar-refractivity contribution < 1.29 is 9.53 Å². The lowest BCUT2D eigenvalue weighted by Gasteiger charge is -2.21. The molecule has 0 saturated heterocycles. The van der Waals surface area contributed by atoms with Crippen LogP contribution in [0.4, 0.5) is 0 Å². The van der Waals surface area contributed by atoms with Crippen molar-refractivity contribution in [1.29, 1.82) is 0 Å². The first-order valence-electron chi connectivity index (χ1n) is 8.08. The lowest BCUT2D eigenvalue weighted by Crippen LogP contribution is -2.38. The Balaban J connectivity index is 1.58. The maximum absolute atomic E-state index is 12.5. The van der Waals surface area contributed by atoms with Crippen LogP contribution in [0.15, 0.2) is 53.4 Å². The van der Waals surface area contributed by atoms with Crippen molar-refractivity contribution in [2.24, 2.45) is 0 Å². The highest BCUT2D eigenvalue weighted by Gasteiger charge is 2.19. The largest absolute Gasteiger partial charge is 0.497 e. The third kappa shape index (κ3) is 4.30. The van der Waals surface area contributed by atoms with Crippen LogP contribution >= 0.6 is 11.8 Å². The van der Waals surface area contributed by atoms with E-state index in [0.29, 0.717) is 19.6 Å². The van der Waals surface area contributed by atoms with Crippen LogP contribution in [0.2, 0.25) is 0 Å². The Morgan fingerprint density at radius 2 is 2.08 bits per heavy atom. The van der Waals surface area contributed by atoms with Crippen LogP contribution in [-0.2, 0) is 17.9 Å². The summed E-state index contributed by atoms with van der Waals surface area (Å²) in [6.45, 7) is 2.48. The summed E-state index contributed by atoms with van der Waals surface area (Å²) in [7, 11) is 1.67. The number of carbonyl (C=O) groups is 1. The number of thioether (sulfide) groups is 1. The Morgan fingerprint density at radius 3 is 2.88 bits per heavy atom.